The van der Waals surface area contributed by atoms with E-state index in [0.717, 1.165) is 10.0 Å². The van der Waals surface area contributed by atoms with E-state index in [4.69, 9.17) is 4.74 Å². The molecule has 2 aromatic carbocycles. The number of esters is 1. The summed E-state index contributed by atoms with van der Waals surface area (Å²) in [6.45, 7) is 3.77. The quantitative estimate of drug-likeness (QED) is 0.682. The molecule has 0 amide bonds. The van der Waals surface area contributed by atoms with Gasteiger partial charge in [-0.1, -0.05) is 33.6 Å². The van der Waals surface area contributed by atoms with Gasteiger partial charge in [0.05, 0.1) is 29.3 Å². The van der Waals surface area contributed by atoms with Crippen molar-refractivity contribution in [3.05, 3.63) is 63.6 Å². The highest BCUT2D eigenvalue weighted by Crippen LogP contribution is 2.35. The van der Waals surface area contributed by atoms with Gasteiger partial charge < -0.3 is 4.74 Å². The Morgan fingerprint density at radius 2 is 1.88 bits per heavy atom. The predicted octanol–water partition coefficient (Wildman–Crippen LogP) is 3.91. The summed E-state index contributed by atoms with van der Waals surface area (Å²) in [6.07, 6.45) is 1.68. The molecule has 0 N–H and O–H groups in total. The first-order valence-corrected chi connectivity index (χ1v) is 10.3. The molecule has 0 unspecified atom stereocenters. The highest BCUT2D eigenvalue weighted by Gasteiger charge is 2.32. The molecule has 1 aliphatic rings. The van der Waals surface area contributed by atoms with Gasteiger partial charge >= 0.3 is 5.97 Å². The fourth-order valence-electron chi connectivity index (χ4n) is 2.74. The second kappa shape index (κ2) is 7.25. The Hall–Kier alpha value is -2.12. The molecule has 0 saturated heterocycles. The summed E-state index contributed by atoms with van der Waals surface area (Å²) in [4.78, 5) is 12.4. The van der Waals surface area contributed by atoms with Gasteiger partial charge in [0.15, 0.2) is 0 Å². The van der Waals surface area contributed by atoms with Crippen LogP contribution in [0, 0.1) is 6.92 Å². The summed E-state index contributed by atoms with van der Waals surface area (Å²) in [5.74, 6) is -0.512. The average molecular weight is 436 g/mol. The van der Waals surface area contributed by atoms with Crippen molar-refractivity contribution in [2.24, 2.45) is 0 Å². The number of carbonyl (C=O) groups excluding carboxylic acids is 1. The first-order valence-electron chi connectivity index (χ1n) is 8.09. The van der Waals surface area contributed by atoms with E-state index in [0.29, 0.717) is 16.8 Å². The van der Waals surface area contributed by atoms with Crippen LogP contribution in [0.3, 0.4) is 0 Å². The lowest BCUT2D eigenvalue weighted by Crippen LogP contribution is -2.37. The van der Waals surface area contributed by atoms with Crippen molar-refractivity contribution in [3.63, 3.8) is 0 Å². The third kappa shape index (κ3) is 3.54. The van der Waals surface area contributed by atoms with Gasteiger partial charge in [-0.3, -0.25) is 4.31 Å². The van der Waals surface area contributed by atoms with Gasteiger partial charge in [-0.2, -0.15) is 0 Å². The zero-order chi connectivity index (χ0) is 18.9. The van der Waals surface area contributed by atoms with E-state index < -0.39 is 16.0 Å². The van der Waals surface area contributed by atoms with E-state index in [9.17, 15) is 13.2 Å². The standard InChI is InChI=1S/C19H18BrNO4S/c1-3-25-19(22)15-10-14-11-16(20)6-9-18(14)21(12-15)26(23,24)17-7-4-13(2)5-8-17/h4-11H,3,12H2,1-2H3. The molecule has 1 aliphatic heterocycles. The monoisotopic (exact) mass is 435 g/mol. The molecule has 26 heavy (non-hydrogen) atoms. The number of sulfonamides is 1. The lowest BCUT2D eigenvalue weighted by molar-refractivity contribution is -0.138. The molecule has 136 valence electrons. The van der Waals surface area contributed by atoms with E-state index in [1.165, 1.54) is 4.31 Å². The number of ether oxygens (including phenoxy) is 1. The van der Waals surface area contributed by atoms with Crippen LogP contribution in [-0.2, 0) is 19.6 Å². The second-order valence-corrected chi connectivity index (χ2v) is 8.70. The molecule has 0 saturated carbocycles. The summed E-state index contributed by atoms with van der Waals surface area (Å²) in [7, 11) is -3.82. The number of nitrogens with zero attached hydrogens (tertiary/aromatic N) is 1. The smallest absolute Gasteiger partial charge is 0.335 e. The Balaban J connectivity index is 2.11. The van der Waals surface area contributed by atoms with Gasteiger partial charge in [0.1, 0.15) is 0 Å². The number of carbonyl (C=O) groups is 1. The van der Waals surface area contributed by atoms with Crippen LogP contribution in [0.5, 0.6) is 0 Å². The molecular formula is C19H18BrNO4S. The minimum atomic E-state index is -3.82. The summed E-state index contributed by atoms with van der Waals surface area (Å²) >= 11 is 3.39. The number of hydrogen-bond acceptors (Lipinski definition) is 4. The van der Waals surface area contributed by atoms with Gasteiger partial charge in [-0.05, 0) is 50.3 Å². The summed E-state index contributed by atoms with van der Waals surface area (Å²) in [5.41, 5.74) is 2.44. The molecule has 3 rings (SSSR count). The number of benzene rings is 2. The molecule has 5 nitrogen and oxygen atoms in total. The molecule has 0 fully saturated rings. The third-order valence-electron chi connectivity index (χ3n) is 4.05. The van der Waals surface area contributed by atoms with Crippen molar-refractivity contribution in [1.82, 2.24) is 0 Å². The van der Waals surface area contributed by atoms with Gasteiger partial charge in [-0.25, -0.2) is 13.2 Å². The van der Waals surface area contributed by atoms with Crippen LogP contribution in [-0.4, -0.2) is 27.5 Å². The minimum Gasteiger partial charge on any atom is -0.463 e. The topological polar surface area (TPSA) is 63.7 Å². The fraction of sp³-hybridized carbons (Fsp3) is 0.211. The molecule has 0 aliphatic carbocycles. The van der Waals surface area contributed by atoms with E-state index in [1.54, 1.807) is 55.5 Å². The van der Waals surface area contributed by atoms with Gasteiger partial charge in [0, 0.05) is 10.0 Å². The molecule has 0 radical (unpaired) electrons. The summed E-state index contributed by atoms with van der Waals surface area (Å²) in [5, 5.41) is 0. The molecule has 1 heterocycles. The minimum absolute atomic E-state index is 0.0658. The first-order chi connectivity index (χ1) is 12.3. The Morgan fingerprint density at radius 1 is 1.19 bits per heavy atom. The molecule has 7 heteroatoms. The van der Waals surface area contributed by atoms with Crippen molar-refractivity contribution >= 4 is 43.7 Å². The van der Waals surface area contributed by atoms with Crippen molar-refractivity contribution in [3.8, 4) is 0 Å². The lowest BCUT2D eigenvalue weighted by atomic mass is 10.0. The SMILES string of the molecule is CCOC(=O)C1=Cc2cc(Br)ccc2N(S(=O)(=O)c2ccc(C)cc2)C1. The van der Waals surface area contributed by atoms with E-state index in [2.05, 4.69) is 15.9 Å². The average Bonchev–Trinajstić information content (AvgIpc) is 2.61. The van der Waals surface area contributed by atoms with Crippen molar-refractivity contribution < 1.29 is 17.9 Å². The second-order valence-electron chi connectivity index (χ2n) is 5.92. The maximum atomic E-state index is 13.2. The number of anilines is 1. The van der Waals surface area contributed by atoms with Crippen LogP contribution >= 0.6 is 15.9 Å². The highest BCUT2D eigenvalue weighted by atomic mass is 79.9. The lowest BCUT2D eigenvalue weighted by Gasteiger charge is -2.30. The van der Waals surface area contributed by atoms with Gasteiger partial charge in [-0.15, -0.1) is 0 Å². The van der Waals surface area contributed by atoms with Crippen LogP contribution in [0.25, 0.3) is 6.08 Å². The third-order valence-corrected chi connectivity index (χ3v) is 6.32. The zero-order valence-electron chi connectivity index (χ0n) is 14.4. The summed E-state index contributed by atoms with van der Waals surface area (Å²) in [6, 6.07) is 11.9. The van der Waals surface area contributed by atoms with Crippen LogP contribution in [0.15, 0.2) is 57.4 Å². The number of hydrogen-bond donors (Lipinski definition) is 0. The largest absolute Gasteiger partial charge is 0.463 e. The van der Waals surface area contributed by atoms with E-state index in [1.807, 2.05) is 6.92 Å². The highest BCUT2D eigenvalue weighted by molar-refractivity contribution is 9.10. The molecule has 0 atom stereocenters. The van der Waals surface area contributed by atoms with Crippen LogP contribution < -0.4 is 4.31 Å². The molecule has 0 spiro atoms. The van der Waals surface area contributed by atoms with Gasteiger partial charge in [0.25, 0.3) is 10.0 Å². The number of halogens is 1. The molecule has 0 aromatic heterocycles. The molecular weight excluding hydrogens is 418 g/mol. The maximum absolute atomic E-state index is 13.2. The van der Waals surface area contributed by atoms with Crippen LogP contribution in [0.1, 0.15) is 18.1 Å². The summed E-state index contributed by atoms with van der Waals surface area (Å²) < 4.78 is 33.5. The van der Waals surface area contributed by atoms with Crippen molar-refractivity contribution in [1.29, 1.82) is 0 Å². The van der Waals surface area contributed by atoms with Gasteiger partial charge in [0.2, 0.25) is 0 Å². The van der Waals surface area contributed by atoms with Crippen LogP contribution in [0.4, 0.5) is 5.69 Å². The predicted molar refractivity (Wildman–Crippen MR) is 104 cm³/mol. The number of fused-ring (bicyclic) bond motifs is 1. The Labute approximate surface area is 161 Å². The molecule has 0 bridgehead atoms. The normalized spacial score (nSPS) is 13.8. The first kappa shape index (κ1) is 18.7. The van der Waals surface area contributed by atoms with Crippen molar-refractivity contribution in [2.45, 2.75) is 18.7 Å². The number of rotatable bonds is 4. The maximum Gasteiger partial charge on any atom is 0.335 e. The van der Waals surface area contributed by atoms with Crippen molar-refractivity contribution in [2.75, 3.05) is 17.5 Å². The Bertz CT molecular complexity index is 981. The fourth-order valence-corrected chi connectivity index (χ4v) is 4.59. The molecule has 2 aromatic rings. The Kier molecular flexibility index (Phi) is 5.20. The number of aryl methyl sites for hydroxylation is 1. The van der Waals surface area contributed by atoms with E-state index in [-0.39, 0.29) is 18.0 Å². The Morgan fingerprint density at radius 3 is 2.54 bits per heavy atom. The zero-order valence-corrected chi connectivity index (χ0v) is 16.8. The van der Waals surface area contributed by atoms with Crippen LogP contribution in [0.2, 0.25) is 0 Å². The van der Waals surface area contributed by atoms with E-state index >= 15 is 0 Å².